The average molecular weight is 286 g/mol. The first-order valence-corrected chi connectivity index (χ1v) is 6.80. The van der Waals surface area contributed by atoms with E-state index in [0.717, 1.165) is 5.56 Å². The third kappa shape index (κ3) is 3.33. The van der Waals surface area contributed by atoms with Crippen molar-refractivity contribution in [1.29, 1.82) is 0 Å². The standard InChI is InChI=1S/C15H21F3N2/c1-19(2)11-14(15(16,17)18)8-9-20(12-14)10-13-6-4-3-5-7-13/h3-7H,8-12H2,1-2H3. The number of alkyl halides is 3. The fraction of sp³-hybridized carbons (Fsp3) is 0.600. The van der Waals surface area contributed by atoms with Gasteiger partial charge in [-0.3, -0.25) is 4.90 Å². The number of rotatable bonds is 4. The summed E-state index contributed by atoms with van der Waals surface area (Å²) in [6.07, 6.45) is -3.97. The fourth-order valence-electron chi connectivity index (χ4n) is 2.99. The van der Waals surface area contributed by atoms with E-state index in [2.05, 4.69) is 0 Å². The van der Waals surface area contributed by atoms with Crippen LogP contribution in [0.4, 0.5) is 13.2 Å². The van der Waals surface area contributed by atoms with Gasteiger partial charge in [-0.25, -0.2) is 0 Å². The highest BCUT2D eigenvalue weighted by Crippen LogP contribution is 2.46. The lowest BCUT2D eigenvalue weighted by atomic mass is 9.86. The molecule has 1 saturated heterocycles. The SMILES string of the molecule is CN(C)CC1(C(F)(F)F)CCN(Cc2ccccc2)C1. The molecule has 5 heteroatoms. The van der Waals surface area contributed by atoms with Crippen molar-refractivity contribution in [3.63, 3.8) is 0 Å². The summed E-state index contributed by atoms with van der Waals surface area (Å²) in [5.74, 6) is 0. The van der Waals surface area contributed by atoms with Gasteiger partial charge in [0.25, 0.3) is 0 Å². The molecule has 1 unspecified atom stereocenters. The lowest BCUT2D eigenvalue weighted by molar-refractivity contribution is -0.223. The van der Waals surface area contributed by atoms with E-state index < -0.39 is 11.6 Å². The van der Waals surface area contributed by atoms with Crippen molar-refractivity contribution in [2.24, 2.45) is 5.41 Å². The maximum Gasteiger partial charge on any atom is 0.397 e. The van der Waals surface area contributed by atoms with Gasteiger partial charge in [-0.1, -0.05) is 30.3 Å². The van der Waals surface area contributed by atoms with E-state index in [4.69, 9.17) is 0 Å². The Bertz CT molecular complexity index is 430. The molecule has 0 N–H and O–H groups in total. The summed E-state index contributed by atoms with van der Waals surface area (Å²) in [5.41, 5.74) is -0.527. The van der Waals surface area contributed by atoms with Crippen LogP contribution in [0.25, 0.3) is 0 Å². The number of likely N-dealkylation sites (tertiary alicyclic amines) is 1. The van der Waals surface area contributed by atoms with Gasteiger partial charge in [-0.2, -0.15) is 13.2 Å². The van der Waals surface area contributed by atoms with E-state index in [1.54, 1.807) is 19.0 Å². The van der Waals surface area contributed by atoms with Crippen LogP contribution in [0, 0.1) is 5.41 Å². The minimum atomic E-state index is -4.15. The second-order valence-corrected chi connectivity index (χ2v) is 5.96. The Hall–Kier alpha value is -1.07. The van der Waals surface area contributed by atoms with Crippen molar-refractivity contribution >= 4 is 0 Å². The van der Waals surface area contributed by atoms with Crippen molar-refractivity contribution in [2.45, 2.75) is 19.1 Å². The van der Waals surface area contributed by atoms with Gasteiger partial charge in [0.05, 0.1) is 5.41 Å². The summed E-state index contributed by atoms with van der Waals surface area (Å²) in [6, 6.07) is 9.67. The van der Waals surface area contributed by atoms with Gasteiger partial charge in [0.15, 0.2) is 0 Å². The minimum Gasteiger partial charge on any atom is -0.308 e. The molecule has 0 spiro atoms. The molecule has 1 aliphatic heterocycles. The van der Waals surface area contributed by atoms with Gasteiger partial charge in [0.2, 0.25) is 0 Å². The largest absolute Gasteiger partial charge is 0.397 e. The number of hydrogen-bond acceptors (Lipinski definition) is 2. The average Bonchev–Trinajstić information content (AvgIpc) is 2.73. The third-order valence-electron chi connectivity index (χ3n) is 3.90. The predicted octanol–water partition coefficient (Wildman–Crippen LogP) is 3.00. The van der Waals surface area contributed by atoms with E-state index in [0.29, 0.717) is 13.1 Å². The van der Waals surface area contributed by atoms with E-state index >= 15 is 0 Å². The van der Waals surface area contributed by atoms with E-state index in [-0.39, 0.29) is 19.5 Å². The third-order valence-corrected chi connectivity index (χ3v) is 3.90. The first-order valence-electron chi connectivity index (χ1n) is 6.80. The Labute approximate surface area is 118 Å². The van der Waals surface area contributed by atoms with Crippen LogP contribution in [0.2, 0.25) is 0 Å². The van der Waals surface area contributed by atoms with Crippen LogP contribution < -0.4 is 0 Å². The molecule has 0 amide bonds. The Morgan fingerprint density at radius 1 is 1.20 bits per heavy atom. The molecule has 20 heavy (non-hydrogen) atoms. The molecular formula is C15H21F3N2. The van der Waals surface area contributed by atoms with Crippen LogP contribution in [0.15, 0.2) is 30.3 Å². The lowest BCUT2D eigenvalue weighted by Crippen LogP contribution is -2.47. The summed E-state index contributed by atoms with van der Waals surface area (Å²) in [5, 5.41) is 0. The molecule has 0 saturated carbocycles. The van der Waals surface area contributed by atoms with Crippen LogP contribution >= 0.6 is 0 Å². The summed E-state index contributed by atoms with van der Waals surface area (Å²) >= 11 is 0. The van der Waals surface area contributed by atoms with Gasteiger partial charge in [0.1, 0.15) is 0 Å². The lowest BCUT2D eigenvalue weighted by Gasteiger charge is -2.34. The molecule has 0 radical (unpaired) electrons. The summed E-state index contributed by atoms with van der Waals surface area (Å²) in [4.78, 5) is 3.55. The van der Waals surface area contributed by atoms with Crippen LogP contribution in [-0.2, 0) is 6.54 Å². The second-order valence-electron chi connectivity index (χ2n) is 5.96. The quantitative estimate of drug-likeness (QED) is 0.839. The van der Waals surface area contributed by atoms with E-state index in [1.165, 1.54) is 0 Å². The van der Waals surface area contributed by atoms with Crippen molar-refractivity contribution in [3.05, 3.63) is 35.9 Å². The Morgan fingerprint density at radius 3 is 2.40 bits per heavy atom. The molecule has 1 fully saturated rings. The first kappa shape index (κ1) is 15.3. The molecule has 1 aromatic rings. The predicted molar refractivity (Wildman–Crippen MR) is 73.4 cm³/mol. The highest BCUT2D eigenvalue weighted by molar-refractivity contribution is 5.15. The summed E-state index contributed by atoms with van der Waals surface area (Å²) in [6.45, 7) is 1.24. The molecular weight excluding hydrogens is 265 g/mol. The maximum atomic E-state index is 13.4. The number of nitrogens with zero attached hydrogens (tertiary/aromatic N) is 2. The van der Waals surface area contributed by atoms with Crippen molar-refractivity contribution in [3.8, 4) is 0 Å². The Morgan fingerprint density at radius 2 is 1.85 bits per heavy atom. The summed E-state index contributed by atoms with van der Waals surface area (Å²) < 4.78 is 40.3. The molecule has 1 atom stereocenters. The first-order chi connectivity index (χ1) is 9.32. The van der Waals surface area contributed by atoms with E-state index in [1.807, 2.05) is 35.2 Å². The van der Waals surface area contributed by atoms with Crippen LogP contribution in [0.3, 0.4) is 0 Å². The normalized spacial score (nSPS) is 24.5. The summed E-state index contributed by atoms with van der Waals surface area (Å²) in [7, 11) is 3.40. The monoisotopic (exact) mass is 286 g/mol. The van der Waals surface area contributed by atoms with Gasteiger partial charge >= 0.3 is 6.18 Å². The molecule has 1 heterocycles. The molecule has 1 aliphatic rings. The zero-order valence-electron chi connectivity index (χ0n) is 12.0. The highest BCUT2D eigenvalue weighted by atomic mass is 19.4. The Balaban J connectivity index is 2.08. The van der Waals surface area contributed by atoms with Crippen molar-refractivity contribution in [2.75, 3.05) is 33.7 Å². The molecule has 2 rings (SSSR count). The number of hydrogen-bond donors (Lipinski definition) is 0. The van der Waals surface area contributed by atoms with E-state index in [9.17, 15) is 13.2 Å². The smallest absolute Gasteiger partial charge is 0.308 e. The fourth-order valence-corrected chi connectivity index (χ4v) is 2.99. The van der Waals surface area contributed by atoms with Crippen molar-refractivity contribution in [1.82, 2.24) is 9.80 Å². The molecule has 112 valence electrons. The number of halogens is 3. The zero-order valence-corrected chi connectivity index (χ0v) is 12.0. The Kier molecular flexibility index (Phi) is 4.39. The van der Waals surface area contributed by atoms with Crippen LogP contribution in [0.5, 0.6) is 0 Å². The maximum absolute atomic E-state index is 13.4. The minimum absolute atomic E-state index is 0.0573. The van der Waals surface area contributed by atoms with Crippen LogP contribution in [-0.4, -0.2) is 49.7 Å². The molecule has 0 bridgehead atoms. The molecule has 2 nitrogen and oxygen atoms in total. The topological polar surface area (TPSA) is 6.48 Å². The molecule has 1 aromatic carbocycles. The van der Waals surface area contributed by atoms with Crippen LogP contribution in [0.1, 0.15) is 12.0 Å². The number of benzene rings is 1. The van der Waals surface area contributed by atoms with Gasteiger partial charge in [0, 0.05) is 19.6 Å². The van der Waals surface area contributed by atoms with Gasteiger partial charge in [-0.05, 0) is 32.6 Å². The zero-order chi connectivity index (χ0) is 14.8. The highest BCUT2D eigenvalue weighted by Gasteiger charge is 2.57. The molecule has 0 aromatic heterocycles. The van der Waals surface area contributed by atoms with Gasteiger partial charge < -0.3 is 4.90 Å². The van der Waals surface area contributed by atoms with Crippen molar-refractivity contribution < 1.29 is 13.2 Å². The molecule has 0 aliphatic carbocycles. The second kappa shape index (κ2) is 5.74. The van der Waals surface area contributed by atoms with Gasteiger partial charge in [-0.15, -0.1) is 0 Å².